The van der Waals surface area contributed by atoms with E-state index >= 15 is 0 Å². The summed E-state index contributed by atoms with van der Waals surface area (Å²) in [6.07, 6.45) is 19.7. The first-order chi connectivity index (χ1) is 11.1. The fourth-order valence-electron chi connectivity index (χ4n) is 4.53. The highest BCUT2D eigenvalue weighted by molar-refractivity contribution is 6.58. The van der Waals surface area contributed by atoms with Gasteiger partial charge in [-0.1, -0.05) is 157 Å². The van der Waals surface area contributed by atoms with Crippen molar-refractivity contribution in [3.8, 4) is 0 Å². The Bertz CT molecular complexity index is 169. The first-order valence-electron chi connectivity index (χ1n) is 11.1. The summed E-state index contributed by atoms with van der Waals surface area (Å²) in [5.41, 5.74) is 0.701. The summed E-state index contributed by atoms with van der Waals surface area (Å²) in [5.74, 6) is 0. The molecule has 188 valence electrons. The second kappa shape index (κ2) is 38.6. The lowest BCUT2D eigenvalue weighted by molar-refractivity contribution is 0.190. The standard InChI is InChI=1S/C13H28.C9H21B.6CH4/c1-5-9-13(10-6-2,11-7-3)12-8-4;1-4-7-10(8-5-2)9-6-3;;;;;;/h5-12H2,1-4H3;4-9H2,1-3H3;6*1H4. The lowest BCUT2D eigenvalue weighted by atomic mass is 9.41. The third-order valence-electron chi connectivity index (χ3n) is 5.21. The van der Waals surface area contributed by atoms with Crippen molar-refractivity contribution in [3.63, 3.8) is 0 Å². The summed E-state index contributed by atoms with van der Waals surface area (Å²) in [6.45, 7) is 17.2. The second-order valence-corrected chi connectivity index (χ2v) is 7.73. The molecular weight excluding hydrogens is 347 g/mol. The Morgan fingerprint density at radius 2 is 0.586 bits per heavy atom. The van der Waals surface area contributed by atoms with E-state index in [0.717, 1.165) is 6.71 Å². The number of hydrogen-bond acceptors (Lipinski definition) is 0. The van der Waals surface area contributed by atoms with E-state index in [1.807, 2.05) is 0 Å². The molecule has 29 heavy (non-hydrogen) atoms. The third kappa shape index (κ3) is 30.3. The Labute approximate surface area is 194 Å². The summed E-state index contributed by atoms with van der Waals surface area (Å²) in [5, 5.41) is 0. The van der Waals surface area contributed by atoms with Crippen molar-refractivity contribution in [2.75, 3.05) is 0 Å². The van der Waals surface area contributed by atoms with Crippen LogP contribution in [0.1, 0.15) is 164 Å². The maximum absolute atomic E-state index is 2.33. The fraction of sp³-hybridized carbons (Fsp3) is 1.00. The van der Waals surface area contributed by atoms with E-state index in [1.54, 1.807) is 0 Å². The predicted molar refractivity (Wildman–Crippen MR) is 153 cm³/mol. The van der Waals surface area contributed by atoms with Gasteiger partial charge in [-0.05, 0) is 31.1 Å². The van der Waals surface area contributed by atoms with Crippen LogP contribution in [0.5, 0.6) is 0 Å². The van der Waals surface area contributed by atoms with Crippen LogP contribution in [-0.4, -0.2) is 6.71 Å². The normalized spacial score (nSPS) is 8.79. The van der Waals surface area contributed by atoms with Crippen LogP contribution in [0.3, 0.4) is 0 Å². The molecule has 0 saturated carbocycles. The summed E-state index contributed by atoms with van der Waals surface area (Å²) in [4.78, 5) is 0. The van der Waals surface area contributed by atoms with Crippen molar-refractivity contribution >= 4 is 6.71 Å². The molecule has 0 spiro atoms. The Kier molecular flexibility index (Phi) is 68.7. The molecule has 0 radical (unpaired) electrons. The predicted octanol–water partition coefficient (Wildman–Crippen LogP) is 12.7. The van der Waals surface area contributed by atoms with Crippen molar-refractivity contribution in [1.82, 2.24) is 0 Å². The van der Waals surface area contributed by atoms with Crippen molar-refractivity contribution in [3.05, 3.63) is 0 Å². The van der Waals surface area contributed by atoms with Gasteiger partial charge in [0.25, 0.3) is 0 Å². The molecule has 0 heterocycles. The van der Waals surface area contributed by atoms with Gasteiger partial charge in [-0.15, -0.1) is 0 Å². The molecule has 0 nitrogen and oxygen atoms in total. The molecule has 0 bridgehead atoms. The lowest BCUT2D eigenvalue weighted by Gasteiger charge is -2.33. The van der Waals surface area contributed by atoms with Crippen molar-refractivity contribution < 1.29 is 0 Å². The average molecular weight is 421 g/mol. The van der Waals surface area contributed by atoms with Crippen LogP contribution in [0, 0.1) is 5.41 Å². The maximum atomic E-state index is 2.33. The van der Waals surface area contributed by atoms with Crippen molar-refractivity contribution in [1.29, 1.82) is 0 Å². The fourth-order valence-corrected chi connectivity index (χ4v) is 4.53. The van der Waals surface area contributed by atoms with Crippen LogP contribution in [-0.2, 0) is 0 Å². The molecule has 0 saturated heterocycles. The van der Waals surface area contributed by atoms with E-state index in [-0.39, 0.29) is 44.6 Å². The van der Waals surface area contributed by atoms with Gasteiger partial charge in [0.05, 0.1) is 0 Å². The Morgan fingerprint density at radius 3 is 0.724 bits per heavy atom. The second-order valence-electron chi connectivity index (χ2n) is 7.73. The Hall–Kier alpha value is 0.0649. The molecule has 0 aromatic heterocycles. The summed E-state index contributed by atoms with van der Waals surface area (Å²) >= 11 is 0. The van der Waals surface area contributed by atoms with Gasteiger partial charge in [0.15, 0.2) is 0 Å². The molecule has 0 aliphatic carbocycles. The van der Waals surface area contributed by atoms with Crippen LogP contribution >= 0.6 is 0 Å². The molecule has 1 heteroatoms. The Morgan fingerprint density at radius 1 is 0.379 bits per heavy atom. The molecule has 0 aromatic carbocycles. The topological polar surface area (TPSA) is 0 Å². The van der Waals surface area contributed by atoms with Gasteiger partial charge in [0, 0.05) is 0 Å². The monoisotopic (exact) mass is 421 g/mol. The van der Waals surface area contributed by atoms with Crippen LogP contribution < -0.4 is 0 Å². The van der Waals surface area contributed by atoms with Gasteiger partial charge >= 0.3 is 0 Å². The smallest absolute Gasteiger partial charge is 0.0776 e. The van der Waals surface area contributed by atoms with E-state index in [1.165, 1.54) is 89.6 Å². The largest absolute Gasteiger partial charge is 0.139 e. The number of hydrogen-bond donors (Lipinski definition) is 0. The third-order valence-corrected chi connectivity index (χ3v) is 5.21. The van der Waals surface area contributed by atoms with Gasteiger partial charge in [0.2, 0.25) is 0 Å². The van der Waals surface area contributed by atoms with Crippen molar-refractivity contribution in [2.45, 2.75) is 183 Å². The molecule has 0 N–H and O–H groups in total. The molecule has 0 rings (SSSR count). The van der Waals surface area contributed by atoms with E-state index in [9.17, 15) is 0 Å². The minimum absolute atomic E-state index is 0. The molecule has 0 unspecified atom stereocenters. The van der Waals surface area contributed by atoms with Crippen LogP contribution in [0.4, 0.5) is 0 Å². The molecule has 0 aromatic rings. The summed E-state index contributed by atoms with van der Waals surface area (Å²) < 4.78 is 0. The van der Waals surface area contributed by atoms with Gasteiger partial charge in [-0.25, -0.2) is 0 Å². The highest BCUT2D eigenvalue weighted by Gasteiger charge is 2.25. The lowest BCUT2D eigenvalue weighted by Crippen LogP contribution is -2.20. The molecule has 0 aliphatic rings. The minimum atomic E-state index is 0. The first kappa shape index (κ1) is 51.6. The number of rotatable bonds is 14. The molecule has 0 amide bonds. The quantitative estimate of drug-likeness (QED) is 0.245. The van der Waals surface area contributed by atoms with Gasteiger partial charge in [-0.2, -0.15) is 0 Å². The zero-order valence-electron chi connectivity index (χ0n) is 18.0. The highest BCUT2D eigenvalue weighted by atomic mass is 14.3. The maximum Gasteiger partial charge on any atom is 0.139 e. The first-order valence-corrected chi connectivity index (χ1v) is 11.1. The molecular formula is C28H73B. The van der Waals surface area contributed by atoms with Crippen LogP contribution in [0.15, 0.2) is 0 Å². The van der Waals surface area contributed by atoms with Gasteiger partial charge in [0.1, 0.15) is 6.71 Å². The summed E-state index contributed by atoms with van der Waals surface area (Å²) in [6, 6.07) is 0. The van der Waals surface area contributed by atoms with Crippen LogP contribution in [0.25, 0.3) is 0 Å². The SMILES string of the molecule is C.C.C.C.C.C.CCCB(CCC)CCC.CCCC(CCC)(CCC)CCC. The van der Waals surface area contributed by atoms with E-state index < -0.39 is 0 Å². The average Bonchev–Trinajstić information content (AvgIpc) is 2.50. The molecule has 0 fully saturated rings. The highest BCUT2D eigenvalue weighted by Crippen LogP contribution is 2.39. The molecule has 0 aliphatic heterocycles. The van der Waals surface area contributed by atoms with E-state index in [0.29, 0.717) is 5.41 Å². The van der Waals surface area contributed by atoms with Crippen molar-refractivity contribution in [2.24, 2.45) is 5.41 Å². The zero-order valence-corrected chi connectivity index (χ0v) is 18.0. The zero-order chi connectivity index (χ0) is 18.0. The molecule has 0 atom stereocenters. The summed E-state index contributed by atoms with van der Waals surface area (Å²) in [7, 11) is 0. The van der Waals surface area contributed by atoms with Gasteiger partial charge < -0.3 is 0 Å². The van der Waals surface area contributed by atoms with Crippen LogP contribution in [0.2, 0.25) is 19.0 Å². The Balaban J connectivity index is -0.0000000428. The minimum Gasteiger partial charge on any atom is -0.0776 e. The van der Waals surface area contributed by atoms with Gasteiger partial charge in [-0.3, -0.25) is 0 Å². The van der Waals surface area contributed by atoms with E-state index in [2.05, 4.69) is 48.5 Å². The van der Waals surface area contributed by atoms with E-state index in [4.69, 9.17) is 0 Å².